The Bertz CT molecular complexity index is 939. The van der Waals surface area contributed by atoms with E-state index in [4.69, 9.17) is 23.2 Å². The largest absolute Gasteiger partial charge is 0.349 e. The van der Waals surface area contributed by atoms with Gasteiger partial charge >= 0.3 is 0 Å². The molecule has 27 heavy (non-hydrogen) atoms. The van der Waals surface area contributed by atoms with Crippen molar-refractivity contribution in [2.45, 2.75) is 19.5 Å². The van der Waals surface area contributed by atoms with Gasteiger partial charge in [0.05, 0.1) is 23.5 Å². The van der Waals surface area contributed by atoms with E-state index < -0.39 is 0 Å². The van der Waals surface area contributed by atoms with Crippen LogP contribution in [0.2, 0.25) is 10.0 Å². The zero-order valence-electron chi connectivity index (χ0n) is 14.7. The van der Waals surface area contributed by atoms with E-state index in [-0.39, 0.29) is 11.8 Å². The van der Waals surface area contributed by atoms with Crippen LogP contribution < -0.4 is 5.32 Å². The average molecular weight is 403 g/mol. The number of nitrogens with zero attached hydrogens (tertiary/aromatic N) is 2. The first kappa shape index (κ1) is 18.3. The number of carbonyl (C=O) groups excluding carboxylic acids is 1. The van der Waals surface area contributed by atoms with Crippen molar-refractivity contribution in [3.8, 4) is 0 Å². The normalized spacial score (nSPS) is 17.5. The third-order valence-electron chi connectivity index (χ3n) is 4.92. The van der Waals surface area contributed by atoms with E-state index in [0.29, 0.717) is 16.6 Å². The number of nitrogens with one attached hydrogen (secondary N) is 2. The van der Waals surface area contributed by atoms with Gasteiger partial charge in [0.2, 0.25) is 5.91 Å². The SMILES string of the molecule is O=C(NCc1nc2ccccc2[nH]1)[C@H]1CCN(Cc2ccc(Cl)cc2Cl)C1. The Morgan fingerprint density at radius 3 is 2.93 bits per heavy atom. The number of halogens is 2. The van der Waals surface area contributed by atoms with Crippen molar-refractivity contribution in [2.24, 2.45) is 5.92 Å². The highest BCUT2D eigenvalue weighted by Gasteiger charge is 2.28. The Kier molecular flexibility index (Phi) is 5.34. The van der Waals surface area contributed by atoms with Crippen LogP contribution in [0.4, 0.5) is 0 Å². The summed E-state index contributed by atoms with van der Waals surface area (Å²) in [7, 11) is 0. The van der Waals surface area contributed by atoms with Gasteiger partial charge in [-0.1, -0.05) is 41.4 Å². The zero-order chi connectivity index (χ0) is 18.8. The van der Waals surface area contributed by atoms with Crippen LogP contribution in [0.25, 0.3) is 11.0 Å². The van der Waals surface area contributed by atoms with Gasteiger partial charge in [0.1, 0.15) is 5.82 Å². The second-order valence-corrected chi connectivity index (χ2v) is 7.72. The van der Waals surface area contributed by atoms with Gasteiger partial charge in [-0.3, -0.25) is 9.69 Å². The lowest BCUT2D eigenvalue weighted by molar-refractivity contribution is -0.124. The van der Waals surface area contributed by atoms with E-state index in [9.17, 15) is 4.79 Å². The van der Waals surface area contributed by atoms with Crippen molar-refractivity contribution in [3.05, 3.63) is 63.9 Å². The molecule has 1 saturated heterocycles. The summed E-state index contributed by atoms with van der Waals surface area (Å²) in [4.78, 5) is 22.5. The van der Waals surface area contributed by atoms with Gasteiger partial charge in [0, 0.05) is 23.1 Å². The number of aromatic nitrogens is 2. The second kappa shape index (κ2) is 7.89. The summed E-state index contributed by atoms with van der Waals surface area (Å²) in [6.07, 6.45) is 0.844. The van der Waals surface area contributed by atoms with E-state index in [2.05, 4.69) is 20.2 Å². The van der Waals surface area contributed by atoms with Gasteiger partial charge in [-0.15, -0.1) is 0 Å². The standard InChI is InChI=1S/C20H20Cl2N4O/c21-15-6-5-13(16(22)9-15)11-26-8-7-14(12-26)20(27)23-10-19-24-17-3-1-2-4-18(17)25-19/h1-6,9,14H,7-8,10-12H2,(H,23,27)(H,24,25)/t14-/m0/s1. The van der Waals surface area contributed by atoms with E-state index in [1.165, 1.54) is 0 Å². The lowest BCUT2D eigenvalue weighted by atomic mass is 10.1. The van der Waals surface area contributed by atoms with Gasteiger partial charge in [-0.25, -0.2) is 4.98 Å². The molecule has 0 saturated carbocycles. The summed E-state index contributed by atoms with van der Waals surface area (Å²) >= 11 is 12.2. The maximum atomic E-state index is 12.5. The highest BCUT2D eigenvalue weighted by atomic mass is 35.5. The van der Waals surface area contributed by atoms with Crippen LogP contribution in [-0.4, -0.2) is 33.9 Å². The number of amides is 1. The summed E-state index contributed by atoms with van der Waals surface area (Å²) in [5.74, 6) is 0.827. The molecule has 1 aromatic heterocycles. The maximum Gasteiger partial charge on any atom is 0.224 e. The number of benzene rings is 2. The molecular formula is C20H20Cl2N4O. The molecule has 140 valence electrons. The molecule has 2 N–H and O–H groups in total. The minimum Gasteiger partial charge on any atom is -0.349 e. The Balaban J connectivity index is 1.31. The molecule has 0 unspecified atom stereocenters. The number of hydrogen-bond acceptors (Lipinski definition) is 3. The lowest BCUT2D eigenvalue weighted by Crippen LogP contribution is -2.32. The summed E-state index contributed by atoms with van der Waals surface area (Å²) in [6.45, 7) is 2.74. The van der Waals surface area contributed by atoms with Gasteiger partial charge in [0.15, 0.2) is 0 Å². The average Bonchev–Trinajstić information content (AvgIpc) is 3.28. The fourth-order valence-corrected chi connectivity index (χ4v) is 3.95. The third-order valence-corrected chi connectivity index (χ3v) is 5.51. The number of hydrogen-bond donors (Lipinski definition) is 2. The molecule has 5 nitrogen and oxygen atoms in total. The fraction of sp³-hybridized carbons (Fsp3) is 0.300. The monoisotopic (exact) mass is 402 g/mol. The van der Waals surface area contributed by atoms with E-state index >= 15 is 0 Å². The smallest absolute Gasteiger partial charge is 0.224 e. The summed E-state index contributed by atoms with van der Waals surface area (Å²) in [5.41, 5.74) is 2.92. The molecule has 0 aliphatic carbocycles. The van der Waals surface area contributed by atoms with Crippen molar-refractivity contribution in [1.29, 1.82) is 0 Å². The Morgan fingerprint density at radius 2 is 2.11 bits per heavy atom. The van der Waals surface area contributed by atoms with Gasteiger partial charge in [-0.2, -0.15) is 0 Å². The number of aromatic amines is 1. The molecule has 1 fully saturated rings. The number of para-hydroxylation sites is 2. The number of H-pyrrole nitrogens is 1. The summed E-state index contributed by atoms with van der Waals surface area (Å²) < 4.78 is 0. The first-order valence-electron chi connectivity index (χ1n) is 8.96. The third kappa shape index (κ3) is 4.26. The number of likely N-dealkylation sites (tertiary alicyclic amines) is 1. The Morgan fingerprint density at radius 1 is 1.26 bits per heavy atom. The molecule has 0 spiro atoms. The number of rotatable bonds is 5. The molecule has 4 rings (SSSR count). The van der Waals surface area contributed by atoms with Crippen LogP contribution in [-0.2, 0) is 17.9 Å². The van der Waals surface area contributed by atoms with Crippen molar-refractivity contribution in [3.63, 3.8) is 0 Å². The molecule has 2 aromatic carbocycles. The topological polar surface area (TPSA) is 61.0 Å². The highest BCUT2D eigenvalue weighted by molar-refractivity contribution is 6.35. The minimum absolute atomic E-state index is 0.0135. The molecule has 7 heteroatoms. The number of fused-ring (bicyclic) bond motifs is 1. The molecule has 0 bridgehead atoms. The van der Waals surface area contributed by atoms with Crippen LogP contribution in [0, 0.1) is 5.92 Å². The second-order valence-electron chi connectivity index (χ2n) is 6.87. The van der Waals surface area contributed by atoms with Crippen LogP contribution in [0.5, 0.6) is 0 Å². The van der Waals surface area contributed by atoms with Crippen LogP contribution in [0.15, 0.2) is 42.5 Å². The molecular weight excluding hydrogens is 383 g/mol. The van der Waals surface area contributed by atoms with Crippen LogP contribution >= 0.6 is 23.2 Å². The maximum absolute atomic E-state index is 12.5. The van der Waals surface area contributed by atoms with Gasteiger partial charge < -0.3 is 10.3 Å². The molecule has 1 aliphatic heterocycles. The predicted octanol–water partition coefficient (Wildman–Crippen LogP) is 4.01. The molecule has 3 aromatic rings. The Hall–Kier alpha value is -2.08. The Labute approximate surface area is 167 Å². The molecule has 1 amide bonds. The fourth-order valence-electron chi connectivity index (χ4n) is 3.49. The molecule has 2 heterocycles. The van der Waals surface area contributed by atoms with Crippen LogP contribution in [0.1, 0.15) is 17.8 Å². The summed E-state index contributed by atoms with van der Waals surface area (Å²) in [6, 6.07) is 13.4. The van der Waals surface area contributed by atoms with E-state index in [1.807, 2.05) is 36.4 Å². The molecule has 0 radical (unpaired) electrons. The highest BCUT2D eigenvalue weighted by Crippen LogP contribution is 2.25. The van der Waals surface area contributed by atoms with Gasteiger partial charge in [-0.05, 0) is 42.8 Å². The van der Waals surface area contributed by atoms with Crippen molar-refractivity contribution < 1.29 is 4.79 Å². The first-order valence-corrected chi connectivity index (χ1v) is 9.72. The van der Waals surface area contributed by atoms with Crippen molar-refractivity contribution in [2.75, 3.05) is 13.1 Å². The molecule has 1 atom stereocenters. The van der Waals surface area contributed by atoms with Crippen molar-refractivity contribution >= 4 is 40.1 Å². The lowest BCUT2D eigenvalue weighted by Gasteiger charge is -2.17. The molecule has 1 aliphatic rings. The van der Waals surface area contributed by atoms with E-state index in [0.717, 1.165) is 48.5 Å². The number of carbonyl (C=O) groups is 1. The first-order chi connectivity index (χ1) is 13.1. The minimum atomic E-state index is -0.0135. The van der Waals surface area contributed by atoms with Crippen molar-refractivity contribution in [1.82, 2.24) is 20.2 Å². The quantitative estimate of drug-likeness (QED) is 0.677. The predicted molar refractivity (Wildman–Crippen MR) is 108 cm³/mol. The zero-order valence-corrected chi connectivity index (χ0v) is 16.2. The van der Waals surface area contributed by atoms with E-state index in [1.54, 1.807) is 6.07 Å². The number of imidazole rings is 1. The van der Waals surface area contributed by atoms with Gasteiger partial charge in [0.25, 0.3) is 0 Å². The summed E-state index contributed by atoms with van der Waals surface area (Å²) in [5, 5.41) is 4.30. The van der Waals surface area contributed by atoms with Crippen LogP contribution in [0.3, 0.4) is 0 Å².